The molecule has 1 aromatic carbocycles. The molecule has 0 saturated carbocycles. The fourth-order valence-corrected chi connectivity index (χ4v) is 2.92. The summed E-state index contributed by atoms with van der Waals surface area (Å²) < 4.78 is 0. The molecule has 0 fully saturated rings. The molecular formula is C15H24N2O2S. The molecule has 1 rings (SSSR count). The Kier molecular flexibility index (Phi) is 7.65. The highest BCUT2D eigenvalue weighted by molar-refractivity contribution is 7.99. The third-order valence-electron chi connectivity index (χ3n) is 3.22. The molecule has 0 aliphatic rings. The van der Waals surface area contributed by atoms with E-state index in [2.05, 4.69) is 12.2 Å². The highest BCUT2D eigenvalue weighted by atomic mass is 32.2. The second kappa shape index (κ2) is 9.00. The fourth-order valence-electron chi connectivity index (χ4n) is 2.14. The topological polar surface area (TPSA) is 75.3 Å². The molecule has 0 spiro atoms. The zero-order valence-electron chi connectivity index (χ0n) is 12.0. The van der Waals surface area contributed by atoms with Crippen molar-refractivity contribution in [2.75, 3.05) is 24.7 Å². The summed E-state index contributed by atoms with van der Waals surface area (Å²) in [6, 6.07) is 9.63. The molecule has 0 saturated heterocycles. The number of aliphatic hydroxyl groups is 1. The first-order valence-electron chi connectivity index (χ1n) is 6.96. The van der Waals surface area contributed by atoms with Crippen LogP contribution in [0.25, 0.3) is 0 Å². The van der Waals surface area contributed by atoms with E-state index in [1.165, 1.54) is 0 Å². The minimum Gasteiger partial charge on any atom is -0.396 e. The van der Waals surface area contributed by atoms with E-state index in [0.29, 0.717) is 12.2 Å². The minimum atomic E-state index is -0.820. The van der Waals surface area contributed by atoms with Gasteiger partial charge < -0.3 is 10.8 Å². The average molecular weight is 296 g/mol. The zero-order chi connectivity index (χ0) is 14.8. The zero-order valence-corrected chi connectivity index (χ0v) is 12.8. The lowest BCUT2D eigenvalue weighted by atomic mass is 9.86. The van der Waals surface area contributed by atoms with Gasteiger partial charge in [0, 0.05) is 5.75 Å². The van der Waals surface area contributed by atoms with Crippen LogP contribution in [0.2, 0.25) is 0 Å². The molecule has 0 heterocycles. The Morgan fingerprint density at radius 3 is 2.60 bits per heavy atom. The summed E-state index contributed by atoms with van der Waals surface area (Å²) in [5.74, 6) is 1.11. The van der Waals surface area contributed by atoms with Gasteiger partial charge in [0.05, 0.1) is 6.61 Å². The number of thioether (sulfide) groups is 1. The van der Waals surface area contributed by atoms with Gasteiger partial charge in [-0.1, -0.05) is 37.3 Å². The lowest BCUT2D eigenvalue weighted by molar-refractivity contribution is -0.125. The maximum absolute atomic E-state index is 12.1. The third kappa shape index (κ3) is 4.51. The third-order valence-corrected chi connectivity index (χ3v) is 4.19. The normalized spacial score (nSPS) is 13.9. The highest BCUT2D eigenvalue weighted by Crippen LogP contribution is 2.27. The van der Waals surface area contributed by atoms with Gasteiger partial charge in [-0.3, -0.25) is 10.1 Å². The number of carbonyl (C=O) groups excluding carboxylic acids is 1. The van der Waals surface area contributed by atoms with Crippen molar-refractivity contribution in [1.29, 1.82) is 0 Å². The summed E-state index contributed by atoms with van der Waals surface area (Å²) in [7, 11) is 0. The quantitative estimate of drug-likeness (QED) is 0.572. The highest BCUT2D eigenvalue weighted by Gasteiger charge is 2.37. The summed E-state index contributed by atoms with van der Waals surface area (Å²) >= 11 is 1.63. The standard InChI is InChI=1S/C15H24N2O2S/c1-2-9-17-15(14(16)19,8-11-20-12-10-18)13-6-4-3-5-7-13/h3-7,17-18H,2,8-12H2,1H3,(H2,16,19). The van der Waals surface area contributed by atoms with Crippen molar-refractivity contribution in [3.8, 4) is 0 Å². The van der Waals surface area contributed by atoms with Crippen LogP contribution in [0.15, 0.2) is 30.3 Å². The van der Waals surface area contributed by atoms with E-state index in [0.717, 1.165) is 24.3 Å². The minimum absolute atomic E-state index is 0.155. The molecule has 1 amide bonds. The molecule has 20 heavy (non-hydrogen) atoms. The first-order valence-corrected chi connectivity index (χ1v) is 8.12. The van der Waals surface area contributed by atoms with Crippen molar-refractivity contribution < 1.29 is 9.90 Å². The van der Waals surface area contributed by atoms with Crippen LogP contribution in [0.1, 0.15) is 25.3 Å². The Labute approximate surface area is 125 Å². The van der Waals surface area contributed by atoms with Gasteiger partial charge in [0.15, 0.2) is 0 Å². The number of rotatable bonds is 10. The Bertz CT molecular complexity index is 400. The number of amides is 1. The molecule has 1 unspecified atom stereocenters. The maximum atomic E-state index is 12.1. The van der Waals surface area contributed by atoms with E-state index >= 15 is 0 Å². The lowest BCUT2D eigenvalue weighted by Gasteiger charge is -2.32. The second-order valence-corrected chi connectivity index (χ2v) is 5.87. The van der Waals surface area contributed by atoms with E-state index in [9.17, 15) is 4.79 Å². The van der Waals surface area contributed by atoms with Crippen LogP contribution in [-0.2, 0) is 10.3 Å². The predicted molar refractivity (Wildman–Crippen MR) is 84.6 cm³/mol. The Balaban J connectivity index is 2.92. The number of carbonyl (C=O) groups is 1. The van der Waals surface area contributed by atoms with Gasteiger partial charge in [-0.2, -0.15) is 11.8 Å². The van der Waals surface area contributed by atoms with Crippen LogP contribution in [0, 0.1) is 0 Å². The van der Waals surface area contributed by atoms with Crippen molar-refractivity contribution in [2.45, 2.75) is 25.3 Å². The maximum Gasteiger partial charge on any atom is 0.242 e. The largest absolute Gasteiger partial charge is 0.396 e. The second-order valence-electron chi connectivity index (χ2n) is 4.65. The Hall–Kier alpha value is -1.04. The molecule has 1 atom stereocenters. The number of hydrogen-bond acceptors (Lipinski definition) is 4. The summed E-state index contributed by atoms with van der Waals surface area (Å²) in [6.45, 7) is 2.95. The van der Waals surface area contributed by atoms with E-state index in [1.807, 2.05) is 30.3 Å². The van der Waals surface area contributed by atoms with Crippen molar-refractivity contribution in [2.24, 2.45) is 5.73 Å². The van der Waals surface area contributed by atoms with E-state index in [1.54, 1.807) is 11.8 Å². The van der Waals surface area contributed by atoms with Crippen molar-refractivity contribution in [3.05, 3.63) is 35.9 Å². The molecule has 0 aliphatic carbocycles. The summed E-state index contributed by atoms with van der Waals surface area (Å²) in [4.78, 5) is 12.1. The van der Waals surface area contributed by atoms with Gasteiger partial charge in [0.2, 0.25) is 5.91 Å². The van der Waals surface area contributed by atoms with Gasteiger partial charge in [-0.05, 0) is 30.7 Å². The molecule has 112 valence electrons. The number of benzene rings is 1. The Morgan fingerprint density at radius 2 is 2.05 bits per heavy atom. The summed E-state index contributed by atoms with van der Waals surface area (Å²) in [6.07, 6.45) is 1.56. The molecule has 1 aromatic rings. The van der Waals surface area contributed by atoms with E-state index in [-0.39, 0.29) is 12.5 Å². The number of nitrogens with two attached hydrogens (primary N) is 1. The first-order chi connectivity index (χ1) is 9.67. The molecule has 0 radical (unpaired) electrons. The summed E-state index contributed by atoms with van der Waals surface area (Å²) in [5.41, 5.74) is 5.79. The van der Waals surface area contributed by atoms with Crippen LogP contribution in [0.3, 0.4) is 0 Å². The molecule has 0 bridgehead atoms. The molecular weight excluding hydrogens is 272 g/mol. The molecule has 4 nitrogen and oxygen atoms in total. The van der Waals surface area contributed by atoms with Gasteiger partial charge in [0.1, 0.15) is 5.54 Å². The van der Waals surface area contributed by atoms with E-state index < -0.39 is 5.54 Å². The van der Waals surface area contributed by atoms with Gasteiger partial charge in [-0.25, -0.2) is 0 Å². The van der Waals surface area contributed by atoms with Gasteiger partial charge in [0.25, 0.3) is 0 Å². The van der Waals surface area contributed by atoms with Gasteiger partial charge in [-0.15, -0.1) is 0 Å². The molecule has 0 aliphatic heterocycles. The number of aliphatic hydroxyl groups excluding tert-OH is 1. The van der Waals surface area contributed by atoms with Crippen molar-refractivity contribution in [3.63, 3.8) is 0 Å². The monoisotopic (exact) mass is 296 g/mol. The SMILES string of the molecule is CCCNC(CCSCCO)(C(N)=O)c1ccccc1. The molecule has 5 heteroatoms. The Morgan fingerprint density at radius 1 is 1.35 bits per heavy atom. The lowest BCUT2D eigenvalue weighted by Crippen LogP contribution is -2.53. The molecule has 4 N–H and O–H groups in total. The average Bonchev–Trinajstić information content (AvgIpc) is 2.47. The van der Waals surface area contributed by atoms with Gasteiger partial charge >= 0.3 is 0 Å². The van der Waals surface area contributed by atoms with Crippen LogP contribution in [0.4, 0.5) is 0 Å². The summed E-state index contributed by atoms with van der Waals surface area (Å²) in [5, 5.41) is 12.2. The first kappa shape index (κ1) is 17.0. The molecule has 0 aromatic heterocycles. The van der Waals surface area contributed by atoms with Crippen LogP contribution in [-0.4, -0.2) is 35.7 Å². The van der Waals surface area contributed by atoms with E-state index in [4.69, 9.17) is 10.8 Å². The fraction of sp³-hybridized carbons (Fsp3) is 0.533. The van der Waals surface area contributed by atoms with Crippen molar-refractivity contribution in [1.82, 2.24) is 5.32 Å². The number of primary amides is 1. The smallest absolute Gasteiger partial charge is 0.242 e. The van der Waals surface area contributed by atoms with Crippen LogP contribution in [0.5, 0.6) is 0 Å². The number of nitrogens with one attached hydrogen (secondary N) is 1. The number of hydrogen-bond donors (Lipinski definition) is 3. The predicted octanol–water partition coefficient (Wildman–Crippen LogP) is 1.48. The van der Waals surface area contributed by atoms with Crippen LogP contribution >= 0.6 is 11.8 Å². The van der Waals surface area contributed by atoms with Crippen molar-refractivity contribution >= 4 is 17.7 Å². The van der Waals surface area contributed by atoms with Crippen LogP contribution < -0.4 is 11.1 Å².